The number of nitrogens with zero attached hydrogens (tertiary/aromatic N) is 3. The molecule has 0 aliphatic carbocycles. The number of nitrogens with one attached hydrogen (secondary N) is 1. The Morgan fingerprint density at radius 3 is 2.69 bits per heavy atom. The molecule has 0 aliphatic rings. The highest BCUT2D eigenvalue weighted by Gasteiger charge is 2.17. The maximum Gasteiger partial charge on any atom is 0.292 e. The van der Waals surface area contributed by atoms with Crippen molar-refractivity contribution in [1.82, 2.24) is 9.78 Å². The van der Waals surface area contributed by atoms with Gasteiger partial charge in [0, 0.05) is 12.3 Å². The predicted molar refractivity (Wildman–Crippen MR) is 95.4 cm³/mol. The summed E-state index contributed by atoms with van der Waals surface area (Å²) in [7, 11) is 0. The number of benzene rings is 2. The zero-order chi connectivity index (χ0) is 18.5. The zero-order valence-electron chi connectivity index (χ0n) is 13.3. The number of rotatable bonds is 6. The van der Waals surface area contributed by atoms with E-state index in [0.29, 0.717) is 10.8 Å². The van der Waals surface area contributed by atoms with Crippen LogP contribution in [0.1, 0.15) is 10.5 Å². The topological polar surface area (TPSA) is 99.3 Å². The van der Waals surface area contributed by atoms with E-state index in [4.69, 9.17) is 16.3 Å². The molecular weight excluding hydrogens is 360 g/mol. The molecule has 1 heterocycles. The number of hydrogen-bond acceptors (Lipinski definition) is 5. The Bertz CT molecular complexity index is 957. The predicted octanol–water partition coefficient (Wildman–Crippen LogP) is 3.73. The quantitative estimate of drug-likeness (QED) is 0.525. The lowest BCUT2D eigenvalue weighted by Gasteiger charge is -2.07. The fourth-order valence-corrected chi connectivity index (χ4v) is 2.37. The fraction of sp³-hybridized carbons (Fsp3) is 0.0588. The lowest BCUT2D eigenvalue weighted by molar-refractivity contribution is -0.383. The second-order valence-corrected chi connectivity index (χ2v) is 5.58. The standard InChI is InChI=1S/C17H13ClN4O4/c18-12-5-1-4-8-16(12)26-11-21-10-9-14(20-21)17(23)19-13-6-2-3-7-15(13)22(24)25/h1-10H,11H2,(H,19,23). The van der Waals surface area contributed by atoms with Gasteiger partial charge in [-0.25, -0.2) is 4.68 Å². The summed E-state index contributed by atoms with van der Waals surface area (Å²) in [6, 6.07) is 14.4. The van der Waals surface area contributed by atoms with E-state index < -0.39 is 10.8 Å². The Hall–Kier alpha value is -3.39. The Morgan fingerprint density at radius 1 is 1.19 bits per heavy atom. The number of nitro benzene ring substituents is 1. The molecule has 3 rings (SSSR count). The minimum Gasteiger partial charge on any atom is -0.470 e. The van der Waals surface area contributed by atoms with Crippen molar-refractivity contribution < 1.29 is 14.5 Å². The lowest BCUT2D eigenvalue weighted by atomic mass is 10.2. The number of anilines is 1. The highest BCUT2D eigenvalue weighted by Crippen LogP contribution is 2.24. The van der Waals surface area contributed by atoms with Crippen LogP contribution in [0.15, 0.2) is 60.8 Å². The third-order valence-electron chi connectivity index (χ3n) is 3.41. The summed E-state index contributed by atoms with van der Waals surface area (Å²) in [6.45, 7) is 0.0580. The molecule has 0 radical (unpaired) electrons. The normalized spacial score (nSPS) is 10.3. The average Bonchev–Trinajstić information content (AvgIpc) is 3.10. The second kappa shape index (κ2) is 7.66. The van der Waals surface area contributed by atoms with E-state index in [9.17, 15) is 14.9 Å². The molecule has 2 aromatic carbocycles. The van der Waals surface area contributed by atoms with Crippen molar-refractivity contribution >= 4 is 28.9 Å². The van der Waals surface area contributed by atoms with Crippen LogP contribution >= 0.6 is 11.6 Å². The zero-order valence-corrected chi connectivity index (χ0v) is 14.1. The molecule has 0 spiro atoms. The molecule has 1 amide bonds. The molecule has 0 fully saturated rings. The molecule has 26 heavy (non-hydrogen) atoms. The third kappa shape index (κ3) is 3.98. The first kappa shape index (κ1) is 17.4. The summed E-state index contributed by atoms with van der Waals surface area (Å²) in [5.41, 5.74) is 0.0117. The summed E-state index contributed by atoms with van der Waals surface area (Å²) < 4.78 is 6.95. The molecule has 3 aromatic rings. The van der Waals surface area contributed by atoms with Crippen molar-refractivity contribution in [3.8, 4) is 5.75 Å². The molecule has 1 aromatic heterocycles. The van der Waals surface area contributed by atoms with E-state index in [-0.39, 0.29) is 23.8 Å². The molecule has 0 bridgehead atoms. The highest BCUT2D eigenvalue weighted by molar-refractivity contribution is 6.32. The molecule has 8 nitrogen and oxygen atoms in total. The van der Waals surface area contributed by atoms with Crippen LogP contribution < -0.4 is 10.1 Å². The third-order valence-corrected chi connectivity index (χ3v) is 3.72. The van der Waals surface area contributed by atoms with Gasteiger partial charge in [0.15, 0.2) is 12.4 Å². The average molecular weight is 373 g/mol. The van der Waals surface area contributed by atoms with Gasteiger partial charge in [0.25, 0.3) is 11.6 Å². The van der Waals surface area contributed by atoms with Crippen LogP contribution in [0.2, 0.25) is 5.02 Å². The molecule has 0 unspecified atom stereocenters. The summed E-state index contributed by atoms with van der Waals surface area (Å²) in [5, 5.41) is 18.0. The number of amides is 1. The number of aromatic nitrogens is 2. The van der Waals surface area contributed by atoms with E-state index in [1.54, 1.807) is 36.5 Å². The largest absolute Gasteiger partial charge is 0.470 e. The van der Waals surface area contributed by atoms with Crippen LogP contribution in [0, 0.1) is 10.1 Å². The maximum atomic E-state index is 12.3. The number of carbonyl (C=O) groups excluding carboxylic acids is 1. The van der Waals surface area contributed by atoms with E-state index in [1.165, 1.54) is 28.9 Å². The van der Waals surface area contributed by atoms with Crippen LogP contribution in [-0.2, 0) is 6.73 Å². The monoisotopic (exact) mass is 372 g/mol. The van der Waals surface area contributed by atoms with Gasteiger partial charge in [-0.2, -0.15) is 5.10 Å². The van der Waals surface area contributed by atoms with Crippen molar-refractivity contribution in [2.24, 2.45) is 0 Å². The van der Waals surface area contributed by atoms with E-state index in [2.05, 4.69) is 10.4 Å². The molecule has 132 valence electrons. The molecule has 0 saturated heterocycles. The van der Waals surface area contributed by atoms with Gasteiger partial charge in [-0.1, -0.05) is 35.9 Å². The molecular formula is C17H13ClN4O4. The van der Waals surface area contributed by atoms with Gasteiger partial charge in [0.1, 0.15) is 11.4 Å². The number of nitro groups is 1. The Kier molecular flexibility index (Phi) is 5.14. The summed E-state index contributed by atoms with van der Waals surface area (Å²) in [5.74, 6) is -0.0635. The van der Waals surface area contributed by atoms with Gasteiger partial charge < -0.3 is 10.1 Å². The fourth-order valence-electron chi connectivity index (χ4n) is 2.18. The maximum absolute atomic E-state index is 12.3. The molecule has 9 heteroatoms. The van der Waals surface area contributed by atoms with Gasteiger partial charge in [-0.15, -0.1) is 0 Å². The Balaban J connectivity index is 1.67. The molecule has 0 atom stereocenters. The van der Waals surface area contributed by atoms with Crippen LogP contribution in [0.5, 0.6) is 5.75 Å². The van der Waals surface area contributed by atoms with Gasteiger partial charge in [-0.3, -0.25) is 14.9 Å². The van der Waals surface area contributed by atoms with Crippen LogP contribution in [0.25, 0.3) is 0 Å². The van der Waals surface area contributed by atoms with Crippen LogP contribution in [-0.4, -0.2) is 20.6 Å². The van der Waals surface area contributed by atoms with E-state index in [0.717, 1.165) is 0 Å². The molecule has 1 N–H and O–H groups in total. The highest BCUT2D eigenvalue weighted by atomic mass is 35.5. The first-order valence-corrected chi connectivity index (χ1v) is 7.88. The number of carbonyl (C=O) groups is 1. The minimum atomic E-state index is -0.564. The first-order valence-electron chi connectivity index (χ1n) is 7.50. The van der Waals surface area contributed by atoms with E-state index in [1.807, 2.05) is 0 Å². The number of para-hydroxylation sites is 3. The van der Waals surface area contributed by atoms with Crippen molar-refractivity contribution in [2.75, 3.05) is 5.32 Å². The number of halogens is 1. The molecule has 0 aliphatic heterocycles. The number of ether oxygens (including phenoxy) is 1. The van der Waals surface area contributed by atoms with Gasteiger partial charge in [0.2, 0.25) is 0 Å². The first-order chi connectivity index (χ1) is 12.5. The summed E-state index contributed by atoms with van der Waals surface area (Å²) in [4.78, 5) is 22.7. The van der Waals surface area contributed by atoms with Crippen molar-refractivity contribution in [3.63, 3.8) is 0 Å². The van der Waals surface area contributed by atoms with Crippen LogP contribution in [0.3, 0.4) is 0 Å². The van der Waals surface area contributed by atoms with Crippen molar-refractivity contribution in [3.05, 3.63) is 81.6 Å². The lowest BCUT2D eigenvalue weighted by Crippen LogP contribution is -2.15. The number of hydrogen-bond donors (Lipinski definition) is 1. The summed E-state index contributed by atoms with van der Waals surface area (Å²) in [6.07, 6.45) is 1.56. The minimum absolute atomic E-state index is 0.0580. The van der Waals surface area contributed by atoms with E-state index >= 15 is 0 Å². The smallest absolute Gasteiger partial charge is 0.292 e. The second-order valence-electron chi connectivity index (χ2n) is 5.17. The SMILES string of the molecule is O=C(Nc1ccccc1[N+](=O)[O-])c1ccn(COc2ccccc2Cl)n1. The van der Waals surface area contributed by atoms with Crippen molar-refractivity contribution in [2.45, 2.75) is 6.73 Å². The Morgan fingerprint density at radius 2 is 1.92 bits per heavy atom. The Labute approximate surface area is 153 Å². The molecule has 0 saturated carbocycles. The van der Waals surface area contributed by atoms with Gasteiger partial charge in [0.05, 0.1) is 9.95 Å². The van der Waals surface area contributed by atoms with Gasteiger partial charge >= 0.3 is 0 Å². The van der Waals surface area contributed by atoms with Crippen LogP contribution in [0.4, 0.5) is 11.4 Å². The summed E-state index contributed by atoms with van der Waals surface area (Å²) >= 11 is 6.00. The van der Waals surface area contributed by atoms with Crippen molar-refractivity contribution in [1.29, 1.82) is 0 Å². The van der Waals surface area contributed by atoms with Gasteiger partial charge in [-0.05, 0) is 24.3 Å².